The molecule has 0 saturated heterocycles. The molecule has 1 atom stereocenters. The molecule has 0 aliphatic carbocycles. The van der Waals surface area contributed by atoms with Gasteiger partial charge in [-0.15, -0.1) is 11.3 Å². The van der Waals surface area contributed by atoms with Gasteiger partial charge in [-0.05, 0) is 37.7 Å². The van der Waals surface area contributed by atoms with Crippen molar-refractivity contribution in [2.24, 2.45) is 0 Å². The molecular weight excluding hydrogens is 298 g/mol. The number of thiazole rings is 1. The highest BCUT2D eigenvalue weighted by atomic mass is 32.1. The molecule has 118 valence electrons. The largest absolute Gasteiger partial charge is 0.497 e. The van der Waals surface area contributed by atoms with E-state index in [2.05, 4.69) is 15.6 Å². The number of amides is 1. The minimum atomic E-state index is -0.0815. The normalized spacial score (nSPS) is 12.0. The summed E-state index contributed by atoms with van der Waals surface area (Å²) >= 11 is 1.39. The van der Waals surface area contributed by atoms with Gasteiger partial charge in [0.1, 0.15) is 15.6 Å². The molecule has 1 amide bonds. The van der Waals surface area contributed by atoms with E-state index in [0.29, 0.717) is 11.4 Å². The van der Waals surface area contributed by atoms with E-state index < -0.39 is 0 Å². The summed E-state index contributed by atoms with van der Waals surface area (Å²) in [5.41, 5.74) is 0.978. The summed E-state index contributed by atoms with van der Waals surface area (Å²) < 4.78 is 5.14. The van der Waals surface area contributed by atoms with E-state index in [0.717, 1.165) is 22.9 Å². The van der Waals surface area contributed by atoms with Gasteiger partial charge in [0.25, 0.3) is 5.91 Å². The second-order valence-corrected chi connectivity index (χ2v) is 5.96. The molecule has 5 nitrogen and oxygen atoms in total. The Morgan fingerprint density at radius 3 is 2.73 bits per heavy atom. The van der Waals surface area contributed by atoms with Crippen molar-refractivity contribution < 1.29 is 9.53 Å². The van der Waals surface area contributed by atoms with Crippen LogP contribution >= 0.6 is 11.3 Å². The Labute approximate surface area is 134 Å². The summed E-state index contributed by atoms with van der Waals surface area (Å²) in [6.07, 6.45) is 1.62. The molecule has 0 bridgehead atoms. The predicted molar refractivity (Wildman–Crippen MR) is 89.6 cm³/mol. The number of nitrogens with one attached hydrogen (secondary N) is 2. The fourth-order valence-electron chi connectivity index (χ4n) is 2.00. The lowest BCUT2D eigenvalue weighted by molar-refractivity contribution is 0.0954. The highest BCUT2D eigenvalue weighted by Crippen LogP contribution is 2.26. The van der Waals surface area contributed by atoms with E-state index in [9.17, 15) is 4.79 Å². The van der Waals surface area contributed by atoms with Gasteiger partial charge >= 0.3 is 0 Å². The first kappa shape index (κ1) is 16.5. The molecule has 1 heterocycles. The molecule has 0 aliphatic rings. The van der Waals surface area contributed by atoms with Crippen LogP contribution in [0.1, 0.15) is 23.5 Å². The highest BCUT2D eigenvalue weighted by Gasteiger charge is 2.12. The maximum atomic E-state index is 12.1. The summed E-state index contributed by atoms with van der Waals surface area (Å²) in [5.74, 6) is 0.720. The van der Waals surface area contributed by atoms with Crippen molar-refractivity contribution in [2.75, 3.05) is 20.2 Å². The Balaban J connectivity index is 1.99. The molecule has 6 heteroatoms. The molecule has 0 fully saturated rings. The van der Waals surface area contributed by atoms with Crippen LogP contribution in [0.4, 0.5) is 0 Å². The van der Waals surface area contributed by atoms with Crippen molar-refractivity contribution in [2.45, 2.75) is 19.9 Å². The maximum Gasteiger partial charge on any atom is 0.263 e. The van der Waals surface area contributed by atoms with E-state index in [1.165, 1.54) is 11.3 Å². The highest BCUT2D eigenvalue weighted by molar-refractivity contribution is 7.16. The maximum absolute atomic E-state index is 12.1. The number of likely N-dealkylation sites (N-methyl/N-ethyl adjacent to an activating group) is 1. The van der Waals surface area contributed by atoms with E-state index in [4.69, 9.17) is 4.74 Å². The predicted octanol–water partition coefficient (Wildman–Crippen LogP) is 2.55. The van der Waals surface area contributed by atoms with Crippen molar-refractivity contribution in [3.63, 3.8) is 0 Å². The quantitative estimate of drug-likeness (QED) is 0.823. The number of ether oxygens (including phenoxy) is 1. The minimum Gasteiger partial charge on any atom is -0.497 e. The summed E-state index contributed by atoms with van der Waals surface area (Å²) in [6.45, 7) is 5.57. The van der Waals surface area contributed by atoms with Gasteiger partial charge in [-0.3, -0.25) is 4.79 Å². The Hall–Kier alpha value is -1.92. The first-order chi connectivity index (χ1) is 10.6. The lowest BCUT2D eigenvalue weighted by Gasteiger charge is -2.12. The van der Waals surface area contributed by atoms with Crippen LogP contribution in [0, 0.1) is 0 Å². The molecule has 1 aromatic carbocycles. The van der Waals surface area contributed by atoms with Gasteiger partial charge in [0.2, 0.25) is 0 Å². The Morgan fingerprint density at radius 2 is 2.09 bits per heavy atom. The number of methoxy groups -OCH3 is 1. The molecule has 0 spiro atoms. The summed E-state index contributed by atoms with van der Waals surface area (Å²) in [4.78, 5) is 17.1. The van der Waals surface area contributed by atoms with Crippen molar-refractivity contribution >= 4 is 17.2 Å². The number of hydrogen-bond donors (Lipinski definition) is 2. The molecule has 1 aromatic heterocycles. The van der Waals surface area contributed by atoms with Gasteiger partial charge in [0, 0.05) is 18.2 Å². The van der Waals surface area contributed by atoms with Gasteiger partial charge in [-0.1, -0.05) is 6.92 Å². The number of nitrogens with zero attached hydrogens (tertiary/aromatic N) is 1. The third-order valence-corrected chi connectivity index (χ3v) is 4.23. The second kappa shape index (κ2) is 7.91. The molecular formula is C16H21N3O2S. The Morgan fingerprint density at radius 1 is 1.36 bits per heavy atom. The van der Waals surface area contributed by atoms with Crippen molar-refractivity contribution in [3.8, 4) is 16.3 Å². The van der Waals surface area contributed by atoms with Gasteiger partial charge < -0.3 is 15.4 Å². The SMILES string of the molecule is CCN[C@H](C)CNC(=O)c1cnc(-c2ccc(OC)cc2)s1. The first-order valence-corrected chi connectivity index (χ1v) is 8.07. The van der Waals surface area contributed by atoms with Crippen molar-refractivity contribution in [1.29, 1.82) is 0 Å². The zero-order valence-electron chi connectivity index (χ0n) is 13.1. The molecule has 2 aromatic rings. The zero-order chi connectivity index (χ0) is 15.9. The zero-order valence-corrected chi connectivity index (χ0v) is 13.9. The van der Waals surface area contributed by atoms with Crippen LogP contribution in [0.15, 0.2) is 30.5 Å². The molecule has 22 heavy (non-hydrogen) atoms. The fourth-order valence-corrected chi connectivity index (χ4v) is 2.84. The van der Waals surface area contributed by atoms with E-state index in [1.54, 1.807) is 13.3 Å². The standard InChI is InChI=1S/C16H21N3O2S/c1-4-17-11(2)9-18-15(20)14-10-19-16(22-14)12-5-7-13(21-3)8-6-12/h5-8,10-11,17H,4,9H2,1-3H3,(H,18,20)/t11-/m1/s1. The number of hydrogen-bond acceptors (Lipinski definition) is 5. The van der Waals surface area contributed by atoms with Crippen LogP contribution in [0.3, 0.4) is 0 Å². The van der Waals surface area contributed by atoms with E-state index in [1.807, 2.05) is 38.1 Å². The lowest BCUT2D eigenvalue weighted by atomic mass is 10.2. The molecule has 0 saturated carbocycles. The van der Waals surface area contributed by atoms with Gasteiger partial charge in [-0.2, -0.15) is 0 Å². The summed E-state index contributed by atoms with van der Waals surface area (Å²) in [6, 6.07) is 7.89. The van der Waals surface area contributed by atoms with Crippen LogP contribution in [-0.4, -0.2) is 37.1 Å². The van der Waals surface area contributed by atoms with Gasteiger partial charge in [0.15, 0.2) is 0 Å². The Bertz CT molecular complexity index is 610. The fraction of sp³-hybridized carbons (Fsp3) is 0.375. The number of benzene rings is 1. The smallest absolute Gasteiger partial charge is 0.263 e. The van der Waals surface area contributed by atoms with Crippen LogP contribution in [0.2, 0.25) is 0 Å². The number of rotatable bonds is 7. The summed E-state index contributed by atoms with van der Waals surface area (Å²) in [5, 5.41) is 7.00. The van der Waals surface area contributed by atoms with Gasteiger partial charge in [-0.25, -0.2) is 4.98 Å². The third-order valence-electron chi connectivity index (χ3n) is 3.19. The average molecular weight is 319 g/mol. The van der Waals surface area contributed by atoms with Crippen LogP contribution in [-0.2, 0) is 0 Å². The monoisotopic (exact) mass is 319 g/mol. The first-order valence-electron chi connectivity index (χ1n) is 7.26. The topological polar surface area (TPSA) is 63.2 Å². The van der Waals surface area contributed by atoms with Crippen LogP contribution in [0.5, 0.6) is 5.75 Å². The van der Waals surface area contributed by atoms with Crippen LogP contribution in [0.25, 0.3) is 10.6 Å². The second-order valence-electron chi connectivity index (χ2n) is 4.93. The number of aromatic nitrogens is 1. The summed E-state index contributed by atoms with van der Waals surface area (Å²) in [7, 11) is 1.63. The lowest BCUT2D eigenvalue weighted by Crippen LogP contribution is -2.38. The average Bonchev–Trinajstić information content (AvgIpc) is 3.03. The van der Waals surface area contributed by atoms with Crippen molar-refractivity contribution in [3.05, 3.63) is 35.3 Å². The third kappa shape index (κ3) is 4.29. The Kier molecular flexibility index (Phi) is 5.91. The molecule has 0 radical (unpaired) electrons. The molecule has 0 unspecified atom stereocenters. The number of carbonyl (C=O) groups excluding carboxylic acids is 1. The van der Waals surface area contributed by atoms with Crippen molar-refractivity contribution in [1.82, 2.24) is 15.6 Å². The van der Waals surface area contributed by atoms with E-state index >= 15 is 0 Å². The minimum absolute atomic E-state index is 0.0815. The van der Waals surface area contributed by atoms with Gasteiger partial charge in [0.05, 0.1) is 13.3 Å². The van der Waals surface area contributed by atoms with E-state index in [-0.39, 0.29) is 11.9 Å². The van der Waals surface area contributed by atoms with Crippen LogP contribution < -0.4 is 15.4 Å². The molecule has 2 N–H and O–H groups in total. The molecule has 2 rings (SSSR count). The number of carbonyl (C=O) groups is 1. The molecule has 0 aliphatic heterocycles.